The molecule has 2 N–H and O–H groups in total. The molecule has 0 aromatic rings. The predicted octanol–water partition coefficient (Wildman–Crippen LogP) is 1.66. The van der Waals surface area contributed by atoms with Crippen molar-refractivity contribution in [1.29, 1.82) is 0 Å². The van der Waals surface area contributed by atoms with Crippen LogP contribution in [0.5, 0.6) is 0 Å². The molecule has 4 nitrogen and oxygen atoms in total. The minimum atomic E-state index is -1.01. The standard InChI is InChI=1S/C9H14O4/c1-3-4-7(9(12)13)6(2)5-8(10)11/h3-5H2,1-2H3,(H,10,11)(H,12,13). The van der Waals surface area contributed by atoms with E-state index in [0.29, 0.717) is 18.4 Å². The van der Waals surface area contributed by atoms with Crippen molar-refractivity contribution in [3.8, 4) is 0 Å². The van der Waals surface area contributed by atoms with E-state index < -0.39 is 11.9 Å². The highest BCUT2D eigenvalue weighted by Gasteiger charge is 2.12. The number of rotatable bonds is 5. The molecule has 0 aromatic heterocycles. The zero-order valence-electron chi connectivity index (χ0n) is 7.83. The number of carboxylic acid groups (broad SMARTS) is 2. The van der Waals surface area contributed by atoms with Gasteiger partial charge in [-0.3, -0.25) is 4.79 Å². The molecule has 0 fully saturated rings. The van der Waals surface area contributed by atoms with Crippen molar-refractivity contribution < 1.29 is 19.8 Å². The smallest absolute Gasteiger partial charge is 0.331 e. The largest absolute Gasteiger partial charge is 0.481 e. The van der Waals surface area contributed by atoms with Crippen LogP contribution in [0, 0.1) is 0 Å². The van der Waals surface area contributed by atoms with Gasteiger partial charge in [-0.25, -0.2) is 4.79 Å². The topological polar surface area (TPSA) is 74.6 Å². The summed E-state index contributed by atoms with van der Waals surface area (Å²) in [5.41, 5.74) is 0.659. The van der Waals surface area contributed by atoms with E-state index in [1.54, 1.807) is 6.92 Å². The molecule has 0 amide bonds. The summed E-state index contributed by atoms with van der Waals surface area (Å²) in [7, 11) is 0. The van der Waals surface area contributed by atoms with Crippen LogP contribution in [0.4, 0.5) is 0 Å². The van der Waals surface area contributed by atoms with Gasteiger partial charge in [-0.2, -0.15) is 0 Å². The van der Waals surface area contributed by atoms with Crippen molar-refractivity contribution in [3.05, 3.63) is 11.1 Å². The normalized spacial score (nSPS) is 12.2. The summed E-state index contributed by atoms with van der Waals surface area (Å²) in [6.45, 7) is 3.41. The fourth-order valence-electron chi connectivity index (χ4n) is 1.09. The van der Waals surface area contributed by atoms with E-state index in [4.69, 9.17) is 10.2 Å². The lowest BCUT2D eigenvalue weighted by Gasteiger charge is -2.04. The Kier molecular flexibility index (Phi) is 4.80. The van der Waals surface area contributed by atoms with Gasteiger partial charge in [0, 0.05) is 5.57 Å². The van der Waals surface area contributed by atoms with Gasteiger partial charge in [0.1, 0.15) is 0 Å². The SMILES string of the molecule is CCCC(C(=O)O)=C(C)CC(=O)O. The van der Waals surface area contributed by atoms with Gasteiger partial charge in [-0.15, -0.1) is 0 Å². The molecule has 0 rings (SSSR count). The van der Waals surface area contributed by atoms with E-state index in [-0.39, 0.29) is 12.0 Å². The fourth-order valence-corrected chi connectivity index (χ4v) is 1.09. The van der Waals surface area contributed by atoms with Crippen LogP contribution in [0.3, 0.4) is 0 Å². The van der Waals surface area contributed by atoms with Crippen molar-refractivity contribution in [3.63, 3.8) is 0 Å². The fraction of sp³-hybridized carbons (Fsp3) is 0.556. The predicted molar refractivity (Wildman–Crippen MR) is 47.5 cm³/mol. The van der Waals surface area contributed by atoms with Gasteiger partial charge in [0.25, 0.3) is 0 Å². The first kappa shape index (κ1) is 11.7. The summed E-state index contributed by atoms with van der Waals surface area (Å²) in [6, 6.07) is 0. The van der Waals surface area contributed by atoms with Crippen molar-refractivity contribution in [2.75, 3.05) is 0 Å². The van der Waals surface area contributed by atoms with E-state index in [1.807, 2.05) is 6.92 Å². The Bertz CT molecular complexity index is 240. The number of carbonyl (C=O) groups is 2. The second-order valence-electron chi connectivity index (χ2n) is 2.88. The molecule has 0 aromatic carbocycles. The van der Waals surface area contributed by atoms with Gasteiger partial charge in [0.2, 0.25) is 0 Å². The number of aliphatic carboxylic acids is 2. The van der Waals surface area contributed by atoms with Crippen LogP contribution in [-0.2, 0) is 9.59 Å². The second-order valence-corrected chi connectivity index (χ2v) is 2.88. The van der Waals surface area contributed by atoms with Crippen molar-refractivity contribution >= 4 is 11.9 Å². The molecule has 13 heavy (non-hydrogen) atoms. The zero-order valence-corrected chi connectivity index (χ0v) is 7.83. The van der Waals surface area contributed by atoms with Crippen LogP contribution in [-0.4, -0.2) is 22.2 Å². The molecule has 4 heteroatoms. The molecule has 0 saturated carbocycles. The Hall–Kier alpha value is -1.32. The van der Waals surface area contributed by atoms with Gasteiger partial charge < -0.3 is 10.2 Å². The molecule has 0 heterocycles. The molecule has 0 radical (unpaired) electrons. The highest BCUT2D eigenvalue weighted by molar-refractivity contribution is 5.88. The molecule has 0 saturated heterocycles. The maximum absolute atomic E-state index is 10.7. The molecule has 0 aliphatic carbocycles. The Morgan fingerprint density at radius 1 is 1.23 bits per heavy atom. The van der Waals surface area contributed by atoms with Crippen LogP contribution in [0.25, 0.3) is 0 Å². The molecular formula is C9H14O4. The highest BCUT2D eigenvalue weighted by Crippen LogP contribution is 2.14. The molecule has 0 aliphatic rings. The van der Waals surface area contributed by atoms with E-state index in [0.717, 1.165) is 0 Å². The van der Waals surface area contributed by atoms with E-state index in [9.17, 15) is 9.59 Å². The van der Waals surface area contributed by atoms with Gasteiger partial charge in [0.15, 0.2) is 0 Å². The van der Waals surface area contributed by atoms with Gasteiger partial charge in [0.05, 0.1) is 6.42 Å². The van der Waals surface area contributed by atoms with E-state index in [1.165, 1.54) is 0 Å². The Balaban J connectivity index is 4.63. The van der Waals surface area contributed by atoms with Crippen molar-refractivity contribution in [1.82, 2.24) is 0 Å². The zero-order chi connectivity index (χ0) is 10.4. The van der Waals surface area contributed by atoms with Crippen LogP contribution in [0.2, 0.25) is 0 Å². The Morgan fingerprint density at radius 2 is 1.77 bits per heavy atom. The van der Waals surface area contributed by atoms with Gasteiger partial charge in [-0.1, -0.05) is 18.9 Å². The average molecular weight is 186 g/mol. The van der Waals surface area contributed by atoms with Gasteiger partial charge >= 0.3 is 11.9 Å². The summed E-state index contributed by atoms with van der Waals surface area (Å²) in [5.74, 6) is -2.01. The second kappa shape index (κ2) is 5.35. The molecule has 74 valence electrons. The average Bonchev–Trinajstić information content (AvgIpc) is 1.97. The quantitative estimate of drug-likeness (QED) is 0.640. The summed E-state index contributed by atoms with van der Waals surface area (Å²) in [5, 5.41) is 17.2. The monoisotopic (exact) mass is 186 g/mol. The number of hydrogen-bond acceptors (Lipinski definition) is 2. The molecule has 0 bridgehead atoms. The maximum atomic E-state index is 10.7. The molecule has 0 atom stereocenters. The van der Waals surface area contributed by atoms with Crippen molar-refractivity contribution in [2.24, 2.45) is 0 Å². The van der Waals surface area contributed by atoms with E-state index >= 15 is 0 Å². The van der Waals surface area contributed by atoms with Crippen LogP contribution >= 0.6 is 0 Å². The lowest BCUT2D eigenvalue weighted by atomic mass is 10.0. The Morgan fingerprint density at radius 3 is 2.08 bits per heavy atom. The molecule has 0 unspecified atom stereocenters. The first-order valence-electron chi connectivity index (χ1n) is 4.12. The minimum Gasteiger partial charge on any atom is -0.481 e. The number of carboxylic acids is 2. The Labute approximate surface area is 76.9 Å². The summed E-state index contributed by atoms with van der Waals surface area (Å²) >= 11 is 0. The van der Waals surface area contributed by atoms with E-state index in [2.05, 4.69) is 0 Å². The third-order valence-corrected chi connectivity index (χ3v) is 1.69. The third-order valence-electron chi connectivity index (χ3n) is 1.69. The first-order chi connectivity index (χ1) is 5.99. The molecule has 0 spiro atoms. The molecule has 0 aliphatic heterocycles. The molecular weight excluding hydrogens is 172 g/mol. The summed E-state index contributed by atoms with van der Waals surface area (Å²) < 4.78 is 0. The minimum absolute atomic E-state index is 0.193. The lowest BCUT2D eigenvalue weighted by molar-refractivity contribution is -0.136. The number of hydrogen-bond donors (Lipinski definition) is 2. The first-order valence-corrected chi connectivity index (χ1v) is 4.12. The summed E-state index contributed by atoms with van der Waals surface area (Å²) in [4.78, 5) is 21.0. The maximum Gasteiger partial charge on any atom is 0.331 e. The lowest BCUT2D eigenvalue weighted by Crippen LogP contribution is -2.06. The third kappa shape index (κ3) is 4.30. The van der Waals surface area contributed by atoms with Gasteiger partial charge in [-0.05, 0) is 13.3 Å². The summed E-state index contributed by atoms with van der Waals surface area (Å²) in [6.07, 6.45) is 0.939. The van der Waals surface area contributed by atoms with Crippen LogP contribution < -0.4 is 0 Å². The van der Waals surface area contributed by atoms with Crippen LogP contribution in [0.1, 0.15) is 33.1 Å². The van der Waals surface area contributed by atoms with Crippen molar-refractivity contribution in [2.45, 2.75) is 33.1 Å². The van der Waals surface area contributed by atoms with Crippen LogP contribution in [0.15, 0.2) is 11.1 Å². The highest BCUT2D eigenvalue weighted by atomic mass is 16.4.